The second-order valence-electron chi connectivity index (χ2n) is 2.50. The fraction of sp³-hybridized carbons (Fsp3) is 0.222. The summed E-state index contributed by atoms with van der Waals surface area (Å²) in [6, 6.07) is 5.73. The van der Waals surface area contributed by atoms with Crippen molar-refractivity contribution in [2.24, 2.45) is 5.73 Å². The monoisotopic (exact) mass is 199 g/mol. The van der Waals surface area contributed by atoms with E-state index in [1.54, 1.807) is 0 Å². The second kappa shape index (κ2) is 3.87. The van der Waals surface area contributed by atoms with Gasteiger partial charge < -0.3 is 5.73 Å². The van der Waals surface area contributed by atoms with E-state index in [1.165, 1.54) is 0 Å². The van der Waals surface area contributed by atoms with Crippen molar-refractivity contribution in [3.05, 3.63) is 34.3 Å². The molecule has 3 heteroatoms. The number of hydrogen-bond donors (Lipinski definition) is 1. The van der Waals surface area contributed by atoms with Crippen molar-refractivity contribution in [1.82, 2.24) is 0 Å². The maximum absolute atomic E-state index is 6.04. The first-order valence-corrected chi connectivity index (χ1v) is 4.52. The molecule has 1 aromatic rings. The Morgan fingerprint density at radius 2 is 2.25 bits per heavy atom. The first kappa shape index (κ1) is 9.49. The van der Waals surface area contributed by atoms with Gasteiger partial charge in [0.15, 0.2) is 0 Å². The van der Waals surface area contributed by atoms with E-state index in [2.05, 4.69) is 0 Å². The van der Waals surface area contributed by atoms with Gasteiger partial charge >= 0.3 is 0 Å². The molecular weight excluding hydrogens is 190 g/mol. The van der Waals surface area contributed by atoms with Gasteiger partial charge in [-0.05, 0) is 12.0 Å². The quantitative estimate of drug-likeness (QED) is 0.741. The molecule has 0 aliphatic heterocycles. The topological polar surface area (TPSA) is 26.0 Å². The Morgan fingerprint density at radius 1 is 1.58 bits per heavy atom. The predicted octanol–water partition coefficient (Wildman–Crippen LogP) is 2.54. The molecule has 2 N–H and O–H groups in total. The number of rotatable bonds is 2. The molecule has 1 nitrogen and oxygen atoms in total. The summed E-state index contributed by atoms with van der Waals surface area (Å²) in [5.74, 6) is 0. The van der Waals surface area contributed by atoms with Crippen molar-refractivity contribution in [3.63, 3.8) is 0 Å². The summed E-state index contributed by atoms with van der Waals surface area (Å²) in [4.78, 5) is 0.357. The van der Waals surface area contributed by atoms with Crippen molar-refractivity contribution in [1.29, 1.82) is 0 Å². The Hall–Kier alpha value is -0.600. The van der Waals surface area contributed by atoms with E-state index in [-0.39, 0.29) is 0 Å². The standard InChI is InChI=1S/C9H10ClNS/c1-2-6-4-3-5-7(8(6)10)9(11)12/h3-5H,2H2,1H3,(H2,11,12). The van der Waals surface area contributed by atoms with Crippen LogP contribution in [0.4, 0.5) is 0 Å². The lowest BCUT2D eigenvalue weighted by molar-refractivity contribution is 1.14. The van der Waals surface area contributed by atoms with E-state index in [1.807, 2.05) is 25.1 Å². The summed E-state index contributed by atoms with van der Waals surface area (Å²) in [5.41, 5.74) is 7.34. The molecule has 0 saturated carbocycles. The molecule has 1 rings (SSSR count). The Balaban J connectivity index is 3.23. The van der Waals surface area contributed by atoms with Crippen LogP contribution in [0.25, 0.3) is 0 Å². The molecule has 0 radical (unpaired) electrons. The van der Waals surface area contributed by atoms with Crippen LogP contribution in [0.3, 0.4) is 0 Å². The highest BCUT2D eigenvalue weighted by Crippen LogP contribution is 2.21. The summed E-state index contributed by atoms with van der Waals surface area (Å²) in [7, 11) is 0. The molecule has 64 valence electrons. The molecule has 0 atom stereocenters. The predicted molar refractivity (Wildman–Crippen MR) is 56.7 cm³/mol. The summed E-state index contributed by atoms with van der Waals surface area (Å²) >= 11 is 10.9. The summed E-state index contributed by atoms with van der Waals surface area (Å²) < 4.78 is 0. The third-order valence-electron chi connectivity index (χ3n) is 1.73. The fourth-order valence-electron chi connectivity index (χ4n) is 1.04. The first-order chi connectivity index (χ1) is 5.66. The van der Waals surface area contributed by atoms with E-state index in [4.69, 9.17) is 29.6 Å². The SMILES string of the molecule is CCc1cccc(C(N)=S)c1Cl. The molecule has 0 fully saturated rings. The van der Waals surface area contributed by atoms with Crippen molar-refractivity contribution >= 4 is 28.8 Å². The number of benzene rings is 1. The lowest BCUT2D eigenvalue weighted by Gasteiger charge is -2.05. The molecule has 12 heavy (non-hydrogen) atoms. The lowest BCUT2D eigenvalue weighted by atomic mass is 10.1. The zero-order chi connectivity index (χ0) is 9.14. The Kier molecular flexibility index (Phi) is 3.06. The maximum Gasteiger partial charge on any atom is 0.105 e. The van der Waals surface area contributed by atoms with Crippen LogP contribution in [0.1, 0.15) is 18.1 Å². The molecule has 0 spiro atoms. The number of aryl methyl sites for hydroxylation is 1. The third kappa shape index (κ3) is 1.76. The van der Waals surface area contributed by atoms with Gasteiger partial charge in [0.25, 0.3) is 0 Å². The highest BCUT2D eigenvalue weighted by Gasteiger charge is 2.05. The van der Waals surface area contributed by atoms with Crippen LogP contribution in [-0.4, -0.2) is 4.99 Å². The molecule has 0 heterocycles. The molecule has 0 aromatic heterocycles. The van der Waals surface area contributed by atoms with Gasteiger partial charge in [-0.3, -0.25) is 0 Å². The zero-order valence-corrected chi connectivity index (χ0v) is 8.38. The second-order valence-corrected chi connectivity index (χ2v) is 3.31. The van der Waals surface area contributed by atoms with Gasteiger partial charge in [-0.1, -0.05) is 48.9 Å². The first-order valence-electron chi connectivity index (χ1n) is 3.74. The van der Waals surface area contributed by atoms with Crippen molar-refractivity contribution in [3.8, 4) is 0 Å². The van der Waals surface area contributed by atoms with Crippen LogP contribution in [0.15, 0.2) is 18.2 Å². The molecular formula is C9H10ClNS. The molecule has 0 aliphatic carbocycles. The van der Waals surface area contributed by atoms with Gasteiger partial charge in [0.1, 0.15) is 4.99 Å². The van der Waals surface area contributed by atoms with Crippen molar-refractivity contribution < 1.29 is 0 Å². The smallest absolute Gasteiger partial charge is 0.105 e. The zero-order valence-electron chi connectivity index (χ0n) is 6.80. The van der Waals surface area contributed by atoms with Crippen molar-refractivity contribution in [2.75, 3.05) is 0 Å². The maximum atomic E-state index is 6.04. The van der Waals surface area contributed by atoms with Gasteiger partial charge in [-0.15, -0.1) is 0 Å². The molecule has 0 aliphatic rings. The van der Waals surface area contributed by atoms with Gasteiger partial charge in [-0.2, -0.15) is 0 Å². The minimum Gasteiger partial charge on any atom is -0.389 e. The van der Waals surface area contributed by atoms with E-state index >= 15 is 0 Å². The minimum absolute atomic E-state index is 0.357. The van der Waals surface area contributed by atoms with E-state index in [9.17, 15) is 0 Å². The van der Waals surface area contributed by atoms with Crippen molar-refractivity contribution in [2.45, 2.75) is 13.3 Å². The highest BCUT2D eigenvalue weighted by atomic mass is 35.5. The highest BCUT2D eigenvalue weighted by molar-refractivity contribution is 7.80. The molecule has 0 amide bonds. The van der Waals surface area contributed by atoms with Crippen LogP contribution in [-0.2, 0) is 6.42 Å². The summed E-state index contributed by atoms with van der Waals surface area (Å²) in [6.45, 7) is 2.05. The molecule has 1 aromatic carbocycles. The number of nitrogens with two attached hydrogens (primary N) is 1. The van der Waals surface area contributed by atoms with Gasteiger partial charge in [-0.25, -0.2) is 0 Å². The minimum atomic E-state index is 0.357. The fourth-order valence-corrected chi connectivity index (χ4v) is 1.63. The Labute approximate surface area is 82.5 Å². The lowest BCUT2D eigenvalue weighted by Crippen LogP contribution is -2.10. The number of thiocarbonyl (C=S) groups is 1. The molecule has 0 bridgehead atoms. The Bertz CT molecular complexity index is 309. The van der Waals surface area contributed by atoms with Gasteiger partial charge in [0, 0.05) is 5.56 Å². The normalized spacial score (nSPS) is 9.83. The molecule has 0 unspecified atom stereocenters. The van der Waals surface area contributed by atoms with Crippen LogP contribution in [0.5, 0.6) is 0 Å². The average Bonchev–Trinajstić information content (AvgIpc) is 2.04. The van der Waals surface area contributed by atoms with Gasteiger partial charge in [0.05, 0.1) is 5.02 Å². The van der Waals surface area contributed by atoms with E-state index in [0.29, 0.717) is 10.0 Å². The van der Waals surface area contributed by atoms with Crippen LogP contribution in [0, 0.1) is 0 Å². The van der Waals surface area contributed by atoms with Crippen LogP contribution >= 0.6 is 23.8 Å². The molecule has 0 saturated heterocycles. The average molecular weight is 200 g/mol. The summed E-state index contributed by atoms with van der Waals surface area (Å²) in [6.07, 6.45) is 0.898. The van der Waals surface area contributed by atoms with Crippen LogP contribution in [0.2, 0.25) is 5.02 Å². The number of halogens is 1. The number of hydrogen-bond acceptors (Lipinski definition) is 1. The third-order valence-corrected chi connectivity index (χ3v) is 2.39. The van der Waals surface area contributed by atoms with Gasteiger partial charge in [0.2, 0.25) is 0 Å². The largest absolute Gasteiger partial charge is 0.389 e. The van der Waals surface area contributed by atoms with Crippen LogP contribution < -0.4 is 5.73 Å². The Morgan fingerprint density at radius 3 is 2.75 bits per heavy atom. The van der Waals surface area contributed by atoms with E-state index < -0.39 is 0 Å². The van der Waals surface area contributed by atoms with E-state index in [0.717, 1.165) is 17.5 Å². The summed E-state index contributed by atoms with van der Waals surface area (Å²) in [5, 5.41) is 0.688.